The maximum absolute atomic E-state index is 5.32. The molecule has 0 saturated carbocycles. The van der Waals surface area contributed by atoms with E-state index in [1.165, 1.54) is 83.0 Å². The molecule has 3 aliphatic carbocycles. The molecule has 2 nitrogen and oxygen atoms in total. The van der Waals surface area contributed by atoms with Crippen molar-refractivity contribution in [3.63, 3.8) is 0 Å². The van der Waals surface area contributed by atoms with Gasteiger partial charge in [-0.15, -0.1) is 0 Å². The highest BCUT2D eigenvalue weighted by atomic mass is 15.0. The fraction of sp³-hybridized carbons (Fsp3) is 0.113. The molecule has 2 atom stereocenters. The fourth-order valence-corrected chi connectivity index (χ4v) is 10.5. The molecule has 12 rings (SSSR count). The lowest BCUT2D eigenvalue weighted by Crippen LogP contribution is -2.19. The minimum atomic E-state index is 0.178. The molecule has 7 aromatic carbocycles. The molecule has 2 heterocycles. The summed E-state index contributed by atoms with van der Waals surface area (Å²) in [5.41, 5.74) is 28.1. The van der Waals surface area contributed by atoms with Gasteiger partial charge in [0.05, 0.1) is 22.8 Å². The summed E-state index contributed by atoms with van der Waals surface area (Å²) >= 11 is 0. The Morgan fingerprint density at radius 1 is 0.609 bits per heavy atom. The van der Waals surface area contributed by atoms with Crippen LogP contribution in [0.2, 0.25) is 0 Å². The second-order valence-electron chi connectivity index (χ2n) is 17.5. The van der Waals surface area contributed by atoms with E-state index in [4.69, 9.17) is 4.99 Å². The van der Waals surface area contributed by atoms with E-state index in [9.17, 15) is 0 Å². The fourth-order valence-electron chi connectivity index (χ4n) is 10.5. The van der Waals surface area contributed by atoms with Gasteiger partial charge in [0.15, 0.2) is 0 Å². The van der Waals surface area contributed by atoms with Crippen LogP contribution in [0.25, 0.3) is 49.8 Å². The van der Waals surface area contributed by atoms with Crippen LogP contribution < -0.4 is 0 Å². The molecule has 0 saturated heterocycles. The number of hydrogen-bond donors (Lipinski definition) is 0. The molecule has 0 amide bonds. The van der Waals surface area contributed by atoms with Crippen LogP contribution in [0.4, 0.5) is 0 Å². The zero-order chi connectivity index (χ0) is 42.4. The number of aliphatic imine (C=N–C) groups is 1. The summed E-state index contributed by atoms with van der Waals surface area (Å²) in [5, 5.41) is 2.49. The highest BCUT2D eigenvalue weighted by molar-refractivity contribution is 6.12. The average molecular weight is 819 g/mol. The Morgan fingerprint density at radius 2 is 1.38 bits per heavy atom. The van der Waals surface area contributed by atoms with E-state index < -0.39 is 0 Å². The molecule has 0 spiro atoms. The van der Waals surface area contributed by atoms with Crippen molar-refractivity contribution in [3.8, 4) is 16.8 Å². The topological polar surface area (TPSA) is 17.3 Å². The Morgan fingerprint density at radius 3 is 2.23 bits per heavy atom. The molecule has 8 aromatic rings. The predicted molar refractivity (Wildman–Crippen MR) is 267 cm³/mol. The number of para-hydroxylation sites is 1. The first kappa shape index (κ1) is 38.0. The van der Waals surface area contributed by atoms with E-state index in [1.807, 2.05) is 0 Å². The Bertz CT molecular complexity index is 3410. The van der Waals surface area contributed by atoms with Gasteiger partial charge in [0.25, 0.3) is 0 Å². The Kier molecular flexibility index (Phi) is 9.61. The monoisotopic (exact) mass is 818 g/mol. The van der Waals surface area contributed by atoms with Crippen LogP contribution >= 0.6 is 0 Å². The third kappa shape index (κ3) is 6.91. The summed E-state index contributed by atoms with van der Waals surface area (Å²) < 4.78 is 2.44. The summed E-state index contributed by atoms with van der Waals surface area (Å²) in [6.45, 7) is 0. The molecule has 0 radical (unpaired) electrons. The first-order valence-corrected chi connectivity index (χ1v) is 22.8. The van der Waals surface area contributed by atoms with Gasteiger partial charge in [-0.05, 0) is 130 Å². The second kappa shape index (κ2) is 16.2. The van der Waals surface area contributed by atoms with Gasteiger partial charge in [-0.2, -0.15) is 0 Å². The lowest BCUT2D eigenvalue weighted by molar-refractivity contribution is 0.660. The van der Waals surface area contributed by atoms with Crippen molar-refractivity contribution in [2.75, 3.05) is 0 Å². The number of rotatable bonds is 8. The summed E-state index contributed by atoms with van der Waals surface area (Å²) in [6, 6.07) is 64.7. The van der Waals surface area contributed by atoms with Crippen molar-refractivity contribution in [2.45, 2.75) is 44.1 Å². The number of dihydropyridines is 1. The smallest absolute Gasteiger partial charge is 0.0653 e. The van der Waals surface area contributed by atoms with Crippen LogP contribution in [0, 0.1) is 0 Å². The van der Waals surface area contributed by atoms with Crippen molar-refractivity contribution < 1.29 is 0 Å². The minimum absolute atomic E-state index is 0.178. The number of benzene rings is 7. The molecule has 1 aromatic heterocycles. The van der Waals surface area contributed by atoms with Crippen LogP contribution in [0.3, 0.4) is 0 Å². The zero-order valence-corrected chi connectivity index (χ0v) is 35.7. The van der Waals surface area contributed by atoms with Crippen LogP contribution in [-0.2, 0) is 12.8 Å². The van der Waals surface area contributed by atoms with Gasteiger partial charge in [0, 0.05) is 33.5 Å². The van der Waals surface area contributed by atoms with Crippen LogP contribution in [0.15, 0.2) is 239 Å². The standard InChI is InChI=1S/C62H46N2/c1-4-16-43(17-5-1)50-37-51(63-59(40-50)46-20-8-3-9-21-46)36-42-30-32-44(33-31-42)47-34-35-56-55-26-12-13-29-60(55)64(61(56)41-47)52-24-14-23-48(38-52)54-27-15-28-57-58(45-18-6-2-7-19-45)39-49-22-10-11-25-53(49)62(54)57/h2-4,6-14,16-26,28-35,38,40-41,51,58H,1,5,36-37,39H2. The molecule has 304 valence electrons. The zero-order valence-electron chi connectivity index (χ0n) is 35.7. The maximum atomic E-state index is 5.32. The summed E-state index contributed by atoms with van der Waals surface area (Å²) in [7, 11) is 0. The number of allylic oxidation sites excluding steroid dienone is 9. The highest BCUT2D eigenvalue weighted by Crippen LogP contribution is 2.47. The van der Waals surface area contributed by atoms with E-state index >= 15 is 0 Å². The largest absolute Gasteiger partial charge is 0.309 e. The van der Waals surface area contributed by atoms with E-state index in [-0.39, 0.29) is 12.0 Å². The molecule has 64 heavy (non-hydrogen) atoms. The highest BCUT2D eigenvalue weighted by Gasteiger charge is 2.30. The van der Waals surface area contributed by atoms with Crippen LogP contribution in [0.1, 0.15) is 58.6 Å². The Hall–Kier alpha value is -7.73. The molecule has 4 aliphatic rings. The van der Waals surface area contributed by atoms with Gasteiger partial charge >= 0.3 is 0 Å². The molecule has 0 bridgehead atoms. The van der Waals surface area contributed by atoms with Crippen LogP contribution in [-0.4, -0.2) is 16.3 Å². The summed E-state index contributed by atoms with van der Waals surface area (Å²) in [4.78, 5) is 5.32. The first-order chi connectivity index (χ1) is 31.7. The van der Waals surface area contributed by atoms with E-state index in [0.29, 0.717) is 0 Å². The molecule has 1 aliphatic heterocycles. The van der Waals surface area contributed by atoms with Gasteiger partial charge in [-0.1, -0.05) is 181 Å². The number of aromatic nitrogens is 1. The van der Waals surface area contributed by atoms with Crippen molar-refractivity contribution in [1.29, 1.82) is 0 Å². The maximum Gasteiger partial charge on any atom is 0.0653 e. The van der Waals surface area contributed by atoms with Gasteiger partial charge < -0.3 is 4.57 Å². The minimum Gasteiger partial charge on any atom is -0.309 e. The molecular formula is C62H46N2. The van der Waals surface area contributed by atoms with Crippen molar-refractivity contribution in [1.82, 2.24) is 4.57 Å². The van der Waals surface area contributed by atoms with Gasteiger partial charge in [0.2, 0.25) is 0 Å². The summed E-state index contributed by atoms with van der Waals surface area (Å²) in [6.07, 6.45) is 16.5. The normalized spacial score (nSPS) is 17.8. The van der Waals surface area contributed by atoms with Crippen LogP contribution in [0.5, 0.6) is 0 Å². The first-order valence-electron chi connectivity index (χ1n) is 22.8. The second-order valence-corrected chi connectivity index (χ2v) is 17.5. The molecule has 2 unspecified atom stereocenters. The van der Waals surface area contributed by atoms with Crippen molar-refractivity contribution >= 4 is 38.7 Å². The molecule has 2 heteroatoms. The van der Waals surface area contributed by atoms with Crippen molar-refractivity contribution in [2.24, 2.45) is 4.99 Å². The SMILES string of the molecule is C1=C=C(c2cccc(-n3c4ccccc4c4ccc(-c5ccc(CC6CC(C7=CCCC=C7)=CC(c7ccccc7)=N6)cc5)cc43)c2)C2=C(C=1)C(c1ccccc1)Cc1ccccc12. The molecule has 0 N–H and O–H groups in total. The predicted octanol–water partition coefficient (Wildman–Crippen LogP) is 15.0. The number of nitrogens with zero attached hydrogens (tertiary/aromatic N) is 2. The van der Waals surface area contributed by atoms with E-state index in [2.05, 4.69) is 222 Å². The molecular weight excluding hydrogens is 773 g/mol. The van der Waals surface area contributed by atoms with Gasteiger partial charge in [-0.25, -0.2) is 0 Å². The van der Waals surface area contributed by atoms with Crippen molar-refractivity contribution in [3.05, 3.63) is 268 Å². The van der Waals surface area contributed by atoms with Gasteiger partial charge in [0.1, 0.15) is 0 Å². The number of hydrogen-bond acceptors (Lipinski definition) is 1. The van der Waals surface area contributed by atoms with E-state index in [0.717, 1.165) is 54.6 Å². The third-order valence-corrected chi connectivity index (χ3v) is 13.6. The number of fused-ring (bicyclic) bond motifs is 5. The lowest BCUT2D eigenvalue weighted by atomic mass is 9.72. The van der Waals surface area contributed by atoms with E-state index in [1.54, 1.807) is 0 Å². The Balaban J connectivity index is 0.889. The van der Waals surface area contributed by atoms with Gasteiger partial charge in [-0.3, -0.25) is 4.99 Å². The summed E-state index contributed by atoms with van der Waals surface area (Å²) in [5.74, 6) is 0.253. The Labute approximate surface area is 375 Å². The quantitative estimate of drug-likeness (QED) is 0.136. The lowest BCUT2D eigenvalue weighted by Gasteiger charge is -2.31. The average Bonchev–Trinajstić information content (AvgIpc) is 3.70. The molecule has 0 fully saturated rings. The third-order valence-electron chi connectivity index (χ3n) is 13.6.